The monoisotopic (exact) mass is 219 g/mol. The highest BCUT2D eigenvalue weighted by atomic mass is 19.1. The Bertz CT molecular complexity index is 449. The summed E-state index contributed by atoms with van der Waals surface area (Å²) in [5.41, 5.74) is 1.67. The van der Waals surface area contributed by atoms with Crippen molar-refractivity contribution in [2.75, 3.05) is 13.1 Å². The Balaban J connectivity index is 2.11. The molecule has 1 aromatic rings. The number of fused-ring (bicyclic) bond motifs is 2. The zero-order chi connectivity index (χ0) is 11.2. The van der Waals surface area contributed by atoms with E-state index in [0.717, 1.165) is 31.5 Å². The topological polar surface area (TPSA) is 29.1 Å². The minimum Gasteiger partial charge on any atom is -0.317 e. The normalized spacial score (nSPS) is 22.4. The van der Waals surface area contributed by atoms with Gasteiger partial charge >= 0.3 is 0 Å². The number of hydrogen-bond donors (Lipinski definition) is 1. The molecule has 84 valence electrons. The Kier molecular flexibility index (Phi) is 2.11. The number of nitrogens with one attached hydrogen (secondary N) is 1. The average Bonchev–Trinajstić information content (AvgIpc) is 2.53. The van der Waals surface area contributed by atoms with Gasteiger partial charge in [0.15, 0.2) is 5.78 Å². The summed E-state index contributed by atoms with van der Waals surface area (Å²) in [4.78, 5) is 11.9. The molecule has 1 spiro atoms. The van der Waals surface area contributed by atoms with Crippen molar-refractivity contribution in [3.8, 4) is 0 Å². The van der Waals surface area contributed by atoms with Gasteiger partial charge in [0, 0.05) is 17.4 Å². The number of ketones is 1. The molecule has 2 nitrogen and oxygen atoms in total. The van der Waals surface area contributed by atoms with Crippen LogP contribution >= 0.6 is 0 Å². The van der Waals surface area contributed by atoms with Gasteiger partial charge in [-0.25, -0.2) is 4.39 Å². The van der Waals surface area contributed by atoms with E-state index in [1.165, 1.54) is 12.1 Å². The average molecular weight is 219 g/mol. The van der Waals surface area contributed by atoms with E-state index in [0.29, 0.717) is 12.0 Å². The Labute approximate surface area is 93.9 Å². The maximum Gasteiger partial charge on any atom is 0.164 e. The number of Topliss-reactive ketones (excluding diaryl/α,β-unsaturated/α-hetero) is 1. The lowest BCUT2D eigenvalue weighted by molar-refractivity contribution is 0.0964. The van der Waals surface area contributed by atoms with Crippen LogP contribution in [0.25, 0.3) is 0 Å². The molecule has 3 heteroatoms. The summed E-state index contributed by atoms with van der Waals surface area (Å²) in [6, 6.07) is 4.68. The number of rotatable bonds is 0. The lowest BCUT2D eigenvalue weighted by Gasteiger charge is -2.34. The minimum atomic E-state index is -0.307. The van der Waals surface area contributed by atoms with Gasteiger partial charge in [-0.2, -0.15) is 0 Å². The minimum absolute atomic E-state index is 0.00856. The Morgan fingerprint density at radius 2 is 2.00 bits per heavy atom. The third-order valence-corrected chi connectivity index (χ3v) is 3.91. The quantitative estimate of drug-likeness (QED) is 0.723. The van der Waals surface area contributed by atoms with Gasteiger partial charge in [0.05, 0.1) is 0 Å². The number of carbonyl (C=O) groups excluding carboxylic acids is 1. The predicted molar refractivity (Wildman–Crippen MR) is 59.1 cm³/mol. The second-order valence-electron chi connectivity index (χ2n) is 4.82. The molecule has 0 unspecified atom stereocenters. The first-order valence-corrected chi connectivity index (χ1v) is 5.75. The van der Waals surface area contributed by atoms with Crippen LogP contribution in [0.2, 0.25) is 0 Å². The maximum absolute atomic E-state index is 13.1. The van der Waals surface area contributed by atoms with Crippen molar-refractivity contribution in [3.63, 3.8) is 0 Å². The van der Waals surface area contributed by atoms with Crippen molar-refractivity contribution in [1.29, 1.82) is 0 Å². The van der Waals surface area contributed by atoms with Crippen molar-refractivity contribution in [3.05, 3.63) is 35.1 Å². The first-order chi connectivity index (χ1) is 7.71. The van der Waals surface area contributed by atoms with Crippen LogP contribution in [0.4, 0.5) is 4.39 Å². The highest BCUT2D eigenvalue weighted by Gasteiger charge is 2.43. The smallest absolute Gasteiger partial charge is 0.164 e. The molecule has 0 atom stereocenters. The van der Waals surface area contributed by atoms with E-state index in [-0.39, 0.29) is 17.0 Å². The molecule has 1 fully saturated rings. The van der Waals surface area contributed by atoms with Crippen LogP contribution in [-0.2, 0) is 5.41 Å². The summed E-state index contributed by atoms with van der Waals surface area (Å²) in [5.74, 6) is -0.200. The molecular formula is C13H14FNO. The van der Waals surface area contributed by atoms with E-state index in [9.17, 15) is 9.18 Å². The molecule has 0 aromatic heterocycles. The van der Waals surface area contributed by atoms with Gasteiger partial charge < -0.3 is 5.32 Å². The molecule has 1 N–H and O–H groups in total. The summed E-state index contributed by atoms with van der Waals surface area (Å²) in [6.07, 6.45) is 2.53. The first kappa shape index (κ1) is 9.97. The van der Waals surface area contributed by atoms with Crippen molar-refractivity contribution >= 4 is 5.78 Å². The largest absolute Gasteiger partial charge is 0.317 e. The van der Waals surface area contributed by atoms with E-state index in [4.69, 9.17) is 0 Å². The van der Waals surface area contributed by atoms with Crippen LogP contribution in [0.3, 0.4) is 0 Å². The van der Waals surface area contributed by atoms with Gasteiger partial charge in [0.1, 0.15) is 5.82 Å². The maximum atomic E-state index is 13.1. The molecule has 16 heavy (non-hydrogen) atoms. The summed E-state index contributed by atoms with van der Waals surface area (Å²) >= 11 is 0. The van der Waals surface area contributed by atoms with Crippen molar-refractivity contribution < 1.29 is 9.18 Å². The van der Waals surface area contributed by atoms with Crippen LogP contribution in [0.5, 0.6) is 0 Å². The van der Waals surface area contributed by atoms with Gasteiger partial charge in [0.2, 0.25) is 0 Å². The fourth-order valence-corrected chi connectivity index (χ4v) is 3.06. The highest BCUT2D eigenvalue weighted by Crippen LogP contribution is 2.44. The zero-order valence-electron chi connectivity index (χ0n) is 9.05. The molecule has 1 aliphatic heterocycles. The van der Waals surface area contributed by atoms with Crippen LogP contribution in [0, 0.1) is 5.82 Å². The second kappa shape index (κ2) is 3.39. The summed E-state index contributed by atoms with van der Waals surface area (Å²) in [6.45, 7) is 1.90. The Morgan fingerprint density at radius 3 is 2.75 bits per heavy atom. The first-order valence-electron chi connectivity index (χ1n) is 5.75. The van der Waals surface area contributed by atoms with Crippen molar-refractivity contribution in [1.82, 2.24) is 5.32 Å². The second-order valence-corrected chi connectivity index (χ2v) is 4.82. The van der Waals surface area contributed by atoms with E-state index in [1.54, 1.807) is 6.07 Å². The Hall–Kier alpha value is -1.22. The van der Waals surface area contributed by atoms with Gasteiger partial charge in [-0.15, -0.1) is 0 Å². The molecule has 1 aliphatic carbocycles. The highest BCUT2D eigenvalue weighted by molar-refractivity contribution is 6.02. The molecule has 0 saturated carbocycles. The molecule has 0 amide bonds. The van der Waals surface area contributed by atoms with Gasteiger partial charge in [-0.3, -0.25) is 4.79 Å². The van der Waals surface area contributed by atoms with E-state index < -0.39 is 0 Å². The van der Waals surface area contributed by atoms with Gasteiger partial charge in [-0.05, 0) is 43.6 Å². The lowest BCUT2D eigenvalue weighted by atomic mass is 9.74. The number of halogens is 1. The van der Waals surface area contributed by atoms with Crippen LogP contribution in [-0.4, -0.2) is 18.9 Å². The number of piperidine rings is 1. The number of hydrogen-bond acceptors (Lipinski definition) is 2. The zero-order valence-corrected chi connectivity index (χ0v) is 9.05. The predicted octanol–water partition coefficient (Wildman–Crippen LogP) is 2.03. The van der Waals surface area contributed by atoms with Crippen LogP contribution in [0.15, 0.2) is 18.2 Å². The van der Waals surface area contributed by atoms with Crippen LogP contribution in [0.1, 0.15) is 35.2 Å². The van der Waals surface area contributed by atoms with E-state index in [2.05, 4.69) is 5.32 Å². The van der Waals surface area contributed by atoms with Gasteiger partial charge in [-0.1, -0.05) is 6.07 Å². The fourth-order valence-electron chi connectivity index (χ4n) is 3.06. The third-order valence-electron chi connectivity index (χ3n) is 3.91. The summed E-state index contributed by atoms with van der Waals surface area (Å²) in [5, 5.41) is 3.31. The van der Waals surface area contributed by atoms with Crippen molar-refractivity contribution in [2.24, 2.45) is 0 Å². The van der Waals surface area contributed by atoms with Crippen LogP contribution < -0.4 is 5.32 Å². The SMILES string of the molecule is O=C1CC2(CCNCC2)c2ccc(F)cc21. The molecule has 1 saturated heterocycles. The molecular weight excluding hydrogens is 205 g/mol. The fraction of sp³-hybridized carbons (Fsp3) is 0.462. The lowest BCUT2D eigenvalue weighted by Crippen LogP contribution is -2.38. The number of carbonyl (C=O) groups is 1. The molecule has 2 aliphatic rings. The Morgan fingerprint density at radius 1 is 1.25 bits per heavy atom. The van der Waals surface area contributed by atoms with E-state index in [1.807, 2.05) is 0 Å². The molecule has 1 aromatic carbocycles. The molecule has 1 heterocycles. The summed E-state index contributed by atoms with van der Waals surface area (Å²) in [7, 11) is 0. The molecule has 0 bridgehead atoms. The van der Waals surface area contributed by atoms with Crippen molar-refractivity contribution in [2.45, 2.75) is 24.7 Å². The van der Waals surface area contributed by atoms with E-state index >= 15 is 0 Å². The number of benzene rings is 1. The van der Waals surface area contributed by atoms with Gasteiger partial charge in [0.25, 0.3) is 0 Å². The summed E-state index contributed by atoms with van der Waals surface area (Å²) < 4.78 is 13.1. The standard InChI is InChI=1S/C13H14FNO/c14-9-1-2-11-10(7-9)12(16)8-13(11)3-5-15-6-4-13/h1-2,7,15H,3-6,8H2. The molecule has 3 rings (SSSR count). The third kappa shape index (κ3) is 1.31. The molecule has 0 radical (unpaired) electrons.